The molecule has 1 N–H and O–H groups in total. The molecule has 1 heterocycles. The van der Waals surface area contributed by atoms with Gasteiger partial charge in [-0.15, -0.1) is 0 Å². The number of hydrogen-bond acceptors (Lipinski definition) is 2. The Hall–Kier alpha value is -0.0800. The summed E-state index contributed by atoms with van der Waals surface area (Å²) in [5, 5.41) is 3.22. The molecule has 1 fully saturated rings. The second-order valence-corrected chi connectivity index (χ2v) is 1.72. The lowest BCUT2D eigenvalue weighted by atomic mass is 10.5. The number of rotatable bonds is 0. The highest BCUT2D eigenvalue weighted by Gasteiger charge is 1.93. The average molecular weight is 131 g/mol. The quantitative estimate of drug-likeness (QED) is 0.530. The Morgan fingerprint density at radius 1 is 1.11 bits per heavy atom. The van der Waals surface area contributed by atoms with Crippen molar-refractivity contribution < 1.29 is 4.74 Å². The lowest BCUT2D eigenvalue weighted by Gasteiger charge is -1.91. The van der Waals surface area contributed by atoms with Gasteiger partial charge in [-0.05, 0) is 13.0 Å². The third kappa shape index (κ3) is 5.80. The summed E-state index contributed by atoms with van der Waals surface area (Å²) in [6.45, 7) is 7.98. The van der Waals surface area contributed by atoms with Gasteiger partial charge in [-0.2, -0.15) is 0 Å². The molecule has 0 amide bonds. The Kier molecular flexibility index (Phi) is 7.85. The van der Waals surface area contributed by atoms with Crippen molar-refractivity contribution in [2.75, 3.05) is 26.3 Å². The summed E-state index contributed by atoms with van der Waals surface area (Å²) in [5.74, 6) is 0. The maximum atomic E-state index is 5.13. The van der Waals surface area contributed by atoms with Gasteiger partial charge in [0.05, 0.1) is 6.61 Å². The fourth-order valence-electron chi connectivity index (χ4n) is 0.671. The van der Waals surface area contributed by atoms with Crippen LogP contribution in [-0.2, 0) is 4.74 Å². The first-order chi connectivity index (χ1) is 4.50. The van der Waals surface area contributed by atoms with E-state index in [9.17, 15) is 0 Å². The van der Waals surface area contributed by atoms with E-state index in [-0.39, 0.29) is 0 Å². The third-order valence-electron chi connectivity index (χ3n) is 1.07. The monoisotopic (exact) mass is 131 g/mol. The molecule has 0 aromatic carbocycles. The van der Waals surface area contributed by atoms with Gasteiger partial charge in [-0.25, -0.2) is 0 Å². The Morgan fingerprint density at radius 2 is 1.89 bits per heavy atom. The molecule has 1 aliphatic rings. The molecule has 0 saturated carbocycles. The molecule has 1 aliphatic heterocycles. The van der Waals surface area contributed by atoms with E-state index in [1.165, 1.54) is 6.42 Å². The molecule has 0 unspecified atom stereocenters. The van der Waals surface area contributed by atoms with E-state index in [1.807, 2.05) is 13.8 Å². The number of nitrogens with one attached hydrogen (secondary N) is 1. The van der Waals surface area contributed by atoms with Crippen LogP contribution in [0.3, 0.4) is 0 Å². The van der Waals surface area contributed by atoms with Crippen molar-refractivity contribution in [2.24, 2.45) is 0 Å². The minimum Gasteiger partial charge on any atom is -0.380 e. The zero-order valence-corrected chi connectivity index (χ0v) is 6.44. The van der Waals surface area contributed by atoms with E-state index < -0.39 is 0 Å². The van der Waals surface area contributed by atoms with E-state index in [1.54, 1.807) is 0 Å². The van der Waals surface area contributed by atoms with Crippen LogP contribution in [0.1, 0.15) is 20.3 Å². The van der Waals surface area contributed by atoms with Crippen LogP contribution in [0.2, 0.25) is 0 Å². The highest BCUT2D eigenvalue weighted by Crippen LogP contribution is 1.83. The van der Waals surface area contributed by atoms with Gasteiger partial charge in [-0.1, -0.05) is 13.8 Å². The van der Waals surface area contributed by atoms with Gasteiger partial charge in [0.1, 0.15) is 0 Å². The van der Waals surface area contributed by atoms with Crippen LogP contribution in [0.5, 0.6) is 0 Å². The molecule has 0 radical (unpaired) electrons. The summed E-state index contributed by atoms with van der Waals surface area (Å²) < 4.78 is 5.13. The van der Waals surface area contributed by atoms with E-state index in [2.05, 4.69) is 5.32 Å². The lowest BCUT2D eigenvalue weighted by molar-refractivity contribution is 0.151. The van der Waals surface area contributed by atoms with Crippen LogP contribution >= 0.6 is 0 Å². The topological polar surface area (TPSA) is 21.3 Å². The minimum absolute atomic E-state index is 0.889. The second kappa shape index (κ2) is 7.92. The molecule has 1 saturated heterocycles. The van der Waals surface area contributed by atoms with Gasteiger partial charge in [0, 0.05) is 13.2 Å². The van der Waals surface area contributed by atoms with Gasteiger partial charge in [0.25, 0.3) is 0 Å². The molecule has 9 heavy (non-hydrogen) atoms. The van der Waals surface area contributed by atoms with Gasteiger partial charge in [0.2, 0.25) is 0 Å². The van der Waals surface area contributed by atoms with Crippen LogP contribution in [0.25, 0.3) is 0 Å². The first kappa shape index (κ1) is 8.92. The number of hydrogen-bond donors (Lipinski definition) is 1. The average Bonchev–Trinajstić information content (AvgIpc) is 2.21. The summed E-state index contributed by atoms with van der Waals surface area (Å²) in [5.41, 5.74) is 0. The number of ether oxygens (including phenoxy) is 1. The van der Waals surface area contributed by atoms with Crippen LogP contribution in [-0.4, -0.2) is 26.3 Å². The summed E-state index contributed by atoms with van der Waals surface area (Å²) in [6.07, 6.45) is 1.17. The van der Waals surface area contributed by atoms with Gasteiger partial charge >= 0.3 is 0 Å². The SMILES string of the molecule is C1CNCCOC1.CC. The summed E-state index contributed by atoms with van der Waals surface area (Å²) in [6, 6.07) is 0. The largest absolute Gasteiger partial charge is 0.380 e. The third-order valence-corrected chi connectivity index (χ3v) is 1.07. The van der Waals surface area contributed by atoms with Gasteiger partial charge < -0.3 is 10.1 Å². The summed E-state index contributed by atoms with van der Waals surface area (Å²) in [7, 11) is 0. The van der Waals surface area contributed by atoms with Crippen molar-refractivity contribution in [3.63, 3.8) is 0 Å². The molecular weight excluding hydrogens is 114 g/mol. The molecule has 0 spiro atoms. The Labute approximate surface area is 57.6 Å². The predicted octanol–water partition coefficient (Wildman–Crippen LogP) is 1.02. The zero-order valence-electron chi connectivity index (χ0n) is 6.44. The van der Waals surface area contributed by atoms with Crippen LogP contribution in [0.4, 0.5) is 0 Å². The molecule has 0 bridgehead atoms. The lowest BCUT2D eigenvalue weighted by Crippen LogP contribution is -2.15. The molecule has 0 atom stereocenters. The Morgan fingerprint density at radius 3 is 2.67 bits per heavy atom. The second-order valence-electron chi connectivity index (χ2n) is 1.72. The molecule has 0 aromatic heterocycles. The smallest absolute Gasteiger partial charge is 0.0590 e. The van der Waals surface area contributed by atoms with E-state index >= 15 is 0 Å². The van der Waals surface area contributed by atoms with Crippen molar-refractivity contribution in [1.29, 1.82) is 0 Å². The molecule has 0 aromatic rings. The highest BCUT2D eigenvalue weighted by molar-refractivity contribution is 4.50. The summed E-state index contributed by atoms with van der Waals surface area (Å²) >= 11 is 0. The maximum absolute atomic E-state index is 5.13. The van der Waals surface area contributed by atoms with Gasteiger partial charge in [0.15, 0.2) is 0 Å². The van der Waals surface area contributed by atoms with Crippen molar-refractivity contribution in [3.05, 3.63) is 0 Å². The highest BCUT2D eigenvalue weighted by atomic mass is 16.5. The molecule has 56 valence electrons. The fraction of sp³-hybridized carbons (Fsp3) is 1.00. The van der Waals surface area contributed by atoms with E-state index in [0.717, 1.165) is 26.3 Å². The first-order valence-corrected chi connectivity index (χ1v) is 3.78. The zero-order chi connectivity index (χ0) is 6.95. The van der Waals surface area contributed by atoms with Crippen LogP contribution < -0.4 is 5.32 Å². The Balaban J connectivity index is 0.000000291. The van der Waals surface area contributed by atoms with Crippen LogP contribution in [0, 0.1) is 0 Å². The fourth-order valence-corrected chi connectivity index (χ4v) is 0.671. The van der Waals surface area contributed by atoms with E-state index in [4.69, 9.17) is 4.74 Å². The normalized spacial score (nSPS) is 19.3. The van der Waals surface area contributed by atoms with Crippen molar-refractivity contribution >= 4 is 0 Å². The van der Waals surface area contributed by atoms with E-state index in [0.29, 0.717) is 0 Å². The summed E-state index contributed by atoms with van der Waals surface area (Å²) in [4.78, 5) is 0. The molecule has 2 nitrogen and oxygen atoms in total. The van der Waals surface area contributed by atoms with Crippen LogP contribution in [0.15, 0.2) is 0 Å². The Bertz CT molecular complexity index is 28.5. The minimum atomic E-state index is 0.889. The maximum Gasteiger partial charge on any atom is 0.0590 e. The van der Waals surface area contributed by atoms with Gasteiger partial charge in [-0.3, -0.25) is 0 Å². The van der Waals surface area contributed by atoms with Crippen molar-refractivity contribution in [2.45, 2.75) is 20.3 Å². The molecular formula is C7H17NO. The first-order valence-electron chi connectivity index (χ1n) is 3.78. The molecule has 1 rings (SSSR count). The molecule has 0 aliphatic carbocycles. The predicted molar refractivity (Wildman–Crippen MR) is 39.7 cm³/mol. The standard InChI is InChI=1S/C5H11NO.C2H6/c1-2-6-3-5-7-4-1;1-2/h6H,1-5H2;1-2H3. The van der Waals surface area contributed by atoms with Crippen molar-refractivity contribution in [3.8, 4) is 0 Å². The van der Waals surface area contributed by atoms with Crippen molar-refractivity contribution in [1.82, 2.24) is 5.32 Å². The molecule has 2 heteroatoms.